The summed E-state index contributed by atoms with van der Waals surface area (Å²) in [5, 5.41) is 13.1. The molecule has 1 saturated carbocycles. The number of nitrogens with zero attached hydrogens (tertiary/aromatic N) is 1. The standard InChI is InChI=1S/C13H21N3O3/c1-13(18,5-6-19-2)8-14-10-7-11(17)16-12(15-10)9-3-4-9/h7,9,18H,3-6,8H2,1-2H3,(H2,14,15,16,17). The molecule has 6 heteroatoms. The number of anilines is 1. The Bertz CT molecular complexity index is 480. The maximum absolute atomic E-state index is 11.5. The van der Waals surface area contributed by atoms with Crippen molar-refractivity contribution in [2.45, 2.75) is 37.7 Å². The molecular weight excluding hydrogens is 246 g/mol. The lowest BCUT2D eigenvalue weighted by Crippen LogP contribution is -2.35. The third-order valence-corrected chi connectivity index (χ3v) is 3.22. The van der Waals surface area contributed by atoms with Gasteiger partial charge in [-0.3, -0.25) is 4.79 Å². The first kappa shape index (κ1) is 14.0. The highest BCUT2D eigenvalue weighted by Gasteiger charge is 2.26. The monoisotopic (exact) mass is 267 g/mol. The van der Waals surface area contributed by atoms with Crippen LogP contribution in [-0.2, 0) is 4.74 Å². The molecular formula is C13H21N3O3. The molecule has 0 amide bonds. The predicted octanol–water partition coefficient (Wildman–Crippen LogP) is 0.847. The van der Waals surface area contributed by atoms with Crippen molar-refractivity contribution in [1.29, 1.82) is 0 Å². The van der Waals surface area contributed by atoms with E-state index in [1.165, 1.54) is 6.07 Å². The van der Waals surface area contributed by atoms with E-state index in [-0.39, 0.29) is 5.56 Å². The minimum Gasteiger partial charge on any atom is -0.388 e. The number of aliphatic hydroxyl groups is 1. The number of rotatable bonds is 7. The van der Waals surface area contributed by atoms with Crippen LogP contribution in [0.1, 0.15) is 37.9 Å². The number of methoxy groups -OCH3 is 1. The summed E-state index contributed by atoms with van der Waals surface area (Å²) >= 11 is 0. The summed E-state index contributed by atoms with van der Waals surface area (Å²) in [7, 11) is 1.60. The highest BCUT2D eigenvalue weighted by atomic mass is 16.5. The van der Waals surface area contributed by atoms with E-state index in [1.54, 1.807) is 14.0 Å². The number of nitrogens with one attached hydrogen (secondary N) is 2. The van der Waals surface area contributed by atoms with Gasteiger partial charge < -0.3 is 20.1 Å². The molecule has 0 spiro atoms. The summed E-state index contributed by atoms with van der Waals surface area (Å²) in [5.74, 6) is 1.65. The molecule has 1 aromatic heterocycles. The number of aromatic nitrogens is 2. The van der Waals surface area contributed by atoms with Gasteiger partial charge in [-0.05, 0) is 19.8 Å². The topological polar surface area (TPSA) is 87.2 Å². The highest BCUT2D eigenvalue weighted by molar-refractivity contribution is 5.34. The second-order valence-corrected chi connectivity index (χ2v) is 5.38. The van der Waals surface area contributed by atoms with E-state index in [4.69, 9.17) is 4.74 Å². The minimum absolute atomic E-state index is 0.157. The summed E-state index contributed by atoms with van der Waals surface area (Å²) in [5.41, 5.74) is -1.05. The Morgan fingerprint density at radius 3 is 3.00 bits per heavy atom. The number of aromatic amines is 1. The van der Waals surface area contributed by atoms with E-state index in [2.05, 4.69) is 15.3 Å². The molecule has 3 N–H and O–H groups in total. The third kappa shape index (κ3) is 4.33. The average molecular weight is 267 g/mol. The van der Waals surface area contributed by atoms with Gasteiger partial charge in [-0.15, -0.1) is 0 Å². The zero-order chi connectivity index (χ0) is 13.9. The van der Waals surface area contributed by atoms with Gasteiger partial charge in [-0.1, -0.05) is 0 Å². The van der Waals surface area contributed by atoms with E-state index in [9.17, 15) is 9.90 Å². The fourth-order valence-electron chi connectivity index (χ4n) is 1.81. The van der Waals surface area contributed by atoms with Gasteiger partial charge in [-0.25, -0.2) is 4.98 Å². The SMILES string of the molecule is COCCC(C)(O)CNc1cc(=O)[nH]c(C2CC2)n1. The fraction of sp³-hybridized carbons (Fsp3) is 0.692. The van der Waals surface area contributed by atoms with Crippen LogP contribution in [0.4, 0.5) is 5.82 Å². The Morgan fingerprint density at radius 2 is 2.37 bits per heavy atom. The normalized spacial score (nSPS) is 18.1. The first-order valence-electron chi connectivity index (χ1n) is 6.57. The molecule has 1 atom stereocenters. The molecule has 1 fully saturated rings. The molecule has 1 unspecified atom stereocenters. The van der Waals surface area contributed by atoms with Crippen molar-refractivity contribution >= 4 is 5.82 Å². The lowest BCUT2D eigenvalue weighted by molar-refractivity contribution is 0.0357. The molecule has 0 aromatic carbocycles. The Balaban J connectivity index is 1.97. The first-order valence-corrected chi connectivity index (χ1v) is 6.57. The second-order valence-electron chi connectivity index (χ2n) is 5.38. The van der Waals surface area contributed by atoms with E-state index < -0.39 is 5.60 Å². The van der Waals surface area contributed by atoms with E-state index in [1.807, 2.05) is 0 Å². The second kappa shape index (κ2) is 5.71. The number of ether oxygens (including phenoxy) is 1. The van der Waals surface area contributed by atoms with Crippen LogP contribution in [0.2, 0.25) is 0 Å². The zero-order valence-corrected chi connectivity index (χ0v) is 11.4. The van der Waals surface area contributed by atoms with Crippen LogP contribution < -0.4 is 10.9 Å². The van der Waals surface area contributed by atoms with Crippen LogP contribution in [0, 0.1) is 0 Å². The largest absolute Gasteiger partial charge is 0.388 e. The van der Waals surface area contributed by atoms with Crippen molar-refractivity contribution in [2.24, 2.45) is 0 Å². The zero-order valence-electron chi connectivity index (χ0n) is 11.4. The summed E-state index contributed by atoms with van der Waals surface area (Å²) < 4.78 is 4.95. The summed E-state index contributed by atoms with van der Waals surface area (Å²) in [6, 6.07) is 1.41. The lowest BCUT2D eigenvalue weighted by Gasteiger charge is -2.23. The number of H-pyrrole nitrogens is 1. The number of hydrogen-bond acceptors (Lipinski definition) is 5. The van der Waals surface area contributed by atoms with Crippen LogP contribution in [-0.4, -0.2) is 40.9 Å². The van der Waals surface area contributed by atoms with Gasteiger partial charge >= 0.3 is 0 Å². The molecule has 0 aliphatic heterocycles. The van der Waals surface area contributed by atoms with Crippen molar-refractivity contribution < 1.29 is 9.84 Å². The van der Waals surface area contributed by atoms with Gasteiger partial charge in [0.2, 0.25) is 0 Å². The molecule has 6 nitrogen and oxygen atoms in total. The van der Waals surface area contributed by atoms with Gasteiger partial charge in [0.15, 0.2) is 0 Å². The first-order chi connectivity index (χ1) is 9.00. The van der Waals surface area contributed by atoms with Gasteiger partial charge in [0.25, 0.3) is 5.56 Å². The van der Waals surface area contributed by atoms with E-state index in [0.717, 1.165) is 18.7 Å². The third-order valence-electron chi connectivity index (χ3n) is 3.22. The summed E-state index contributed by atoms with van der Waals surface area (Å²) in [4.78, 5) is 18.6. The molecule has 2 rings (SSSR count). The fourth-order valence-corrected chi connectivity index (χ4v) is 1.81. The van der Waals surface area contributed by atoms with Crippen LogP contribution in [0.3, 0.4) is 0 Å². The van der Waals surface area contributed by atoms with Crippen molar-refractivity contribution in [3.8, 4) is 0 Å². The van der Waals surface area contributed by atoms with Crippen molar-refractivity contribution in [1.82, 2.24) is 9.97 Å². The smallest absolute Gasteiger partial charge is 0.252 e. The molecule has 0 radical (unpaired) electrons. The van der Waals surface area contributed by atoms with Crippen LogP contribution in [0.5, 0.6) is 0 Å². The van der Waals surface area contributed by atoms with Crippen LogP contribution in [0.15, 0.2) is 10.9 Å². The molecule has 0 bridgehead atoms. The Morgan fingerprint density at radius 1 is 1.63 bits per heavy atom. The maximum Gasteiger partial charge on any atom is 0.252 e. The summed E-state index contributed by atoms with van der Waals surface area (Å²) in [6.45, 7) is 2.55. The molecule has 1 aliphatic rings. The van der Waals surface area contributed by atoms with E-state index in [0.29, 0.717) is 31.3 Å². The lowest BCUT2D eigenvalue weighted by atomic mass is 10.0. The van der Waals surface area contributed by atoms with Crippen LogP contribution in [0.25, 0.3) is 0 Å². The van der Waals surface area contributed by atoms with Gasteiger partial charge in [0.1, 0.15) is 11.6 Å². The number of hydrogen-bond donors (Lipinski definition) is 3. The van der Waals surface area contributed by atoms with Gasteiger partial charge in [-0.2, -0.15) is 0 Å². The quantitative estimate of drug-likeness (QED) is 0.681. The van der Waals surface area contributed by atoms with Crippen molar-refractivity contribution in [2.75, 3.05) is 25.6 Å². The predicted molar refractivity (Wildman–Crippen MR) is 72.4 cm³/mol. The molecule has 1 heterocycles. The highest BCUT2D eigenvalue weighted by Crippen LogP contribution is 2.37. The van der Waals surface area contributed by atoms with Crippen molar-refractivity contribution in [3.05, 3.63) is 22.2 Å². The van der Waals surface area contributed by atoms with Gasteiger partial charge in [0.05, 0.1) is 5.60 Å². The summed E-state index contributed by atoms with van der Waals surface area (Å²) in [6.07, 6.45) is 2.69. The minimum atomic E-state index is -0.889. The molecule has 1 aliphatic carbocycles. The van der Waals surface area contributed by atoms with Crippen molar-refractivity contribution in [3.63, 3.8) is 0 Å². The molecule has 106 valence electrons. The Hall–Kier alpha value is -1.40. The Labute approximate surface area is 112 Å². The molecule has 0 saturated heterocycles. The van der Waals surface area contributed by atoms with Gasteiger partial charge in [0, 0.05) is 38.7 Å². The van der Waals surface area contributed by atoms with E-state index >= 15 is 0 Å². The molecule has 1 aromatic rings. The molecule has 19 heavy (non-hydrogen) atoms. The maximum atomic E-state index is 11.5. The van der Waals surface area contributed by atoms with Crippen LogP contribution >= 0.6 is 0 Å². The average Bonchev–Trinajstić information content (AvgIpc) is 3.18. The Kier molecular flexibility index (Phi) is 4.21.